The Kier molecular flexibility index (Phi) is 3.75. The summed E-state index contributed by atoms with van der Waals surface area (Å²) in [6, 6.07) is 0.408. The number of hydrogen-bond donors (Lipinski definition) is 1. The molecule has 0 amide bonds. The molecule has 0 aliphatic carbocycles. The molecule has 0 radical (unpaired) electrons. The van der Waals surface area contributed by atoms with Crippen molar-refractivity contribution in [3.63, 3.8) is 0 Å². The van der Waals surface area contributed by atoms with Gasteiger partial charge in [0.1, 0.15) is 0 Å². The Morgan fingerprint density at radius 1 is 1.75 bits per heavy atom. The number of thiocarbonyl (C=S) groups is 1. The van der Waals surface area contributed by atoms with Gasteiger partial charge in [-0.25, -0.2) is 0 Å². The Bertz CT molecular complexity index is 163. The van der Waals surface area contributed by atoms with Crippen molar-refractivity contribution in [3.05, 3.63) is 0 Å². The first-order valence-corrected chi connectivity index (χ1v) is 4.78. The van der Waals surface area contributed by atoms with Gasteiger partial charge >= 0.3 is 0 Å². The van der Waals surface area contributed by atoms with Crippen LogP contribution in [0.2, 0.25) is 0 Å². The van der Waals surface area contributed by atoms with E-state index >= 15 is 0 Å². The zero-order valence-corrected chi connectivity index (χ0v) is 8.49. The van der Waals surface area contributed by atoms with Crippen LogP contribution in [-0.2, 0) is 4.74 Å². The summed E-state index contributed by atoms with van der Waals surface area (Å²) in [6.07, 6.45) is 0. The lowest BCUT2D eigenvalue weighted by molar-refractivity contribution is 0.0329. The van der Waals surface area contributed by atoms with Crippen LogP contribution in [0.25, 0.3) is 0 Å². The molecular formula is C8H16N2OS. The Labute approximate surface area is 79.1 Å². The van der Waals surface area contributed by atoms with E-state index in [4.69, 9.17) is 17.0 Å². The third kappa shape index (κ3) is 2.32. The Morgan fingerprint density at radius 2 is 2.50 bits per heavy atom. The molecular weight excluding hydrogens is 172 g/mol. The maximum atomic E-state index is 5.31. The standard InChI is InChI=1S/C8H16N2OS/c1-3-9-8(12)10-4-5-11-6-7(10)2/h7H,3-6H2,1-2H3,(H,9,12). The number of nitrogens with zero attached hydrogens (tertiary/aromatic N) is 1. The van der Waals surface area contributed by atoms with Crippen molar-refractivity contribution in [2.24, 2.45) is 0 Å². The zero-order valence-electron chi connectivity index (χ0n) is 7.67. The molecule has 0 saturated carbocycles. The minimum atomic E-state index is 0.408. The molecule has 1 unspecified atom stereocenters. The second-order valence-corrected chi connectivity index (χ2v) is 3.34. The van der Waals surface area contributed by atoms with E-state index in [2.05, 4.69) is 24.1 Å². The van der Waals surface area contributed by atoms with E-state index in [0.717, 1.165) is 31.4 Å². The van der Waals surface area contributed by atoms with Gasteiger partial charge in [-0.15, -0.1) is 0 Å². The minimum Gasteiger partial charge on any atom is -0.377 e. The molecule has 1 aliphatic heterocycles. The Balaban J connectivity index is 2.42. The smallest absolute Gasteiger partial charge is 0.169 e. The summed E-state index contributed by atoms with van der Waals surface area (Å²) in [7, 11) is 0. The molecule has 1 aliphatic rings. The Hall–Kier alpha value is -0.350. The fraction of sp³-hybridized carbons (Fsp3) is 0.875. The van der Waals surface area contributed by atoms with Crippen LogP contribution in [-0.4, -0.2) is 42.4 Å². The van der Waals surface area contributed by atoms with E-state index in [1.807, 2.05) is 0 Å². The lowest BCUT2D eigenvalue weighted by atomic mass is 10.3. The van der Waals surface area contributed by atoms with Crippen LogP contribution in [0.3, 0.4) is 0 Å². The predicted octanol–water partition coefficient (Wildman–Crippen LogP) is 0.601. The van der Waals surface area contributed by atoms with Gasteiger partial charge in [-0.1, -0.05) is 0 Å². The second kappa shape index (κ2) is 4.62. The van der Waals surface area contributed by atoms with Crippen molar-refractivity contribution in [2.75, 3.05) is 26.3 Å². The average molecular weight is 188 g/mol. The molecule has 1 saturated heterocycles. The van der Waals surface area contributed by atoms with E-state index in [-0.39, 0.29) is 0 Å². The van der Waals surface area contributed by atoms with Crippen LogP contribution in [0.5, 0.6) is 0 Å². The van der Waals surface area contributed by atoms with Crippen molar-refractivity contribution >= 4 is 17.3 Å². The summed E-state index contributed by atoms with van der Waals surface area (Å²) in [5.74, 6) is 0. The van der Waals surface area contributed by atoms with Gasteiger partial charge in [-0.3, -0.25) is 0 Å². The highest BCUT2D eigenvalue weighted by atomic mass is 32.1. The van der Waals surface area contributed by atoms with E-state index < -0.39 is 0 Å². The number of nitrogens with one attached hydrogen (secondary N) is 1. The molecule has 0 spiro atoms. The zero-order chi connectivity index (χ0) is 8.97. The van der Waals surface area contributed by atoms with Gasteiger partial charge in [0.05, 0.1) is 19.3 Å². The highest BCUT2D eigenvalue weighted by Crippen LogP contribution is 2.05. The molecule has 1 fully saturated rings. The van der Waals surface area contributed by atoms with E-state index in [1.54, 1.807) is 0 Å². The summed E-state index contributed by atoms with van der Waals surface area (Å²) in [6.45, 7) is 7.55. The van der Waals surface area contributed by atoms with E-state index in [9.17, 15) is 0 Å². The summed E-state index contributed by atoms with van der Waals surface area (Å²) in [5, 5.41) is 4.00. The summed E-state index contributed by atoms with van der Waals surface area (Å²) in [5.41, 5.74) is 0. The molecule has 0 aromatic rings. The average Bonchev–Trinajstić information content (AvgIpc) is 2.05. The van der Waals surface area contributed by atoms with Crippen LogP contribution in [0.15, 0.2) is 0 Å². The summed E-state index contributed by atoms with van der Waals surface area (Å²) >= 11 is 5.21. The molecule has 1 rings (SSSR count). The monoisotopic (exact) mass is 188 g/mol. The van der Waals surface area contributed by atoms with Gasteiger partial charge in [0, 0.05) is 13.1 Å². The van der Waals surface area contributed by atoms with Crippen molar-refractivity contribution in [3.8, 4) is 0 Å². The van der Waals surface area contributed by atoms with E-state index in [1.165, 1.54) is 0 Å². The molecule has 12 heavy (non-hydrogen) atoms. The van der Waals surface area contributed by atoms with Gasteiger partial charge in [0.15, 0.2) is 5.11 Å². The molecule has 4 heteroatoms. The van der Waals surface area contributed by atoms with Crippen molar-refractivity contribution in [2.45, 2.75) is 19.9 Å². The lowest BCUT2D eigenvalue weighted by Crippen LogP contribution is -2.51. The molecule has 3 nitrogen and oxygen atoms in total. The van der Waals surface area contributed by atoms with Gasteiger partial charge in [0.25, 0.3) is 0 Å². The molecule has 1 heterocycles. The molecule has 1 atom stereocenters. The first-order chi connectivity index (χ1) is 5.75. The minimum absolute atomic E-state index is 0.408. The highest BCUT2D eigenvalue weighted by molar-refractivity contribution is 7.80. The molecule has 0 aromatic carbocycles. The van der Waals surface area contributed by atoms with Crippen LogP contribution >= 0.6 is 12.2 Å². The largest absolute Gasteiger partial charge is 0.377 e. The fourth-order valence-electron chi connectivity index (χ4n) is 1.28. The maximum Gasteiger partial charge on any atom is 0.169 e. The van der Waals surface area contributed by atoms with Crippen LogP contribution in [0.1, 0.15) is 13.8 Å². The maximum absolute atomic E-state index is 5.31. The molecule has 0 aromatic heterocycles. The molecule has 70 valence electrons. The third-order valence-electron chi connectivity index (χ3n) is 1.96. The fourth-order valence-corrected chi connectivity index (χ4v) is 1.70. The summed E-state index contributed by atoms with van der Waals surface area (Å²) < 4.78 is 5.31. The summed E-state index contributed by atoms with van der Waals surface area (Å²) in [4.78, 5) is 2.18. The van der Waals surface area contributed by atoms with Gasteiger partial charge in [-0.2, -0.15) is 0 Å². The van der Waals surface area contributed by atoms with Crippen molar-refractivity contribution < 1.29 is 4.74 Å². The van der Waals surface area contributed by atoms with Crippen LogP contribution in [0, 0.1) is 0 Å². The number of ether oxygens (including phenoxy) is 1. The quantitative estimate of drug-likeness (QED) is 0.609. The van der Waals surface area contributed by atoms with Crippen molar-refractivity contribution in [1.29, 1.82) is 0 Å². The topological polar surface area (TPSA) is 24.5 Å². The van der Waals surface area contributed by atoms with E-state index in [0.29, 0.717) is 6.04 Å². The predicted molar refractivity (Wildman–Crippen MR) is 53.3 cm³/mol. The first kappa shape index (κ1) is 9.74. The van der Waals surface area contributed by atoms with Crippen LogP contribution in [0.4, 0.5) is 0 Å². The third-order valence-corrected chi connectivity index (χ3v) is 2.34. The molecule has 0 bridgehead atoms. The van der Waals surface area contributed by atoms with Gasteiger partial charge < -0.3 is 15.0 Å². The highest BCUT2D eigenvalue weighted by Gasteiger charge is 2.20. The lowest BCUT2D eigenvalue weighted by Gasteiger charge is -2.35. The second-order valence-electron chi connectivity index (χ2n) is 2.95. The Morgan fingerprint density at radius 3 is 3.08 bits per heavy atom. The van der Waals surface area contributed by atoms with Gasteiger partial charge in [0.2, 0.25) is 0 Å². The van der Waals surface area contributed by atoms with Crippen molar-refractivity contribution in [1.82, 2.24) is 10.2 Å². The van der Waals surface area contributed by atoms with Crippen LogP contribution < -0.4 is 5.32 Å². The number of morpholine rings is 1. The first-order valence-electron chi connectivity index (χ1n) is 4.38. The van der Waals surface area contributed by atoms with Gasteiger partial charge in [-0.05, 0) is 26.1 Å². The number of hydrogen-bond acceptors (Lipinski definition) is 2. The normalized spacial score (nSPS) is 23.8. The molecule has 1 N–H and O–H groups in total. The number of rotatable bonds is 1. The SMILES string of the molecule is CCNC(=S)N1CCOCC1C.